The molecular weight excluding hydrogens is 492 g/mol. The molecule has 0 bridgehead atoms. The summed E-state index contributed by atoms with van der Waals surface area (Å²) in [5.41, 5.74) is 9.00. The molecule has 0 spiro atoms. The number of anilines is 2. The standard InChI is InChI=1S/C30H32N6OS/c1-30(2,3)23-10-8-21(9-11-23)19-36-20-22(24-6-4-5-7-26(24)36)18-31-34-29-32-25-12-17-38-27(25)28(33-29)35-13-15-37-16-14-35/h4-12,17-18,20H,13-16,19H2,1-3H3,(H,32,33,34)/b31-18+. The normalized spacial score (nSPS) is 14.7. The summed E-state index contributed by atoms with van der Waals surface area (Å²) in [4.78, 5) is 11.8. The Morgan fingerprint density at radius 3 is 2.61 bits per heavy atom. The van der Waals surface area contributed by atoms with Crippen LogP contribution in [0.1, 0.15) is 37.5 Å². The van der Waals surface area contributed by atoms with Crippen LogP contribution in [0.5, 0.6) is 0 Å². The van der Waals surface area contributed by atoms with Crippen LogP contribution in [-0.2, 0) is 16.7 Å². The van der Waals surface area contributed by atoms with Gasteiger partial charge in [-0.15, -0.1) is 11.3 Å². The van der Waals surface area contributed by atoms with Crippen molar-refractivity contribution in [2.24, 2.45) is 5.10 Å². The molecule has 3 aromatic heterocycles. The second kappa shape index (κ2) is 10.2. The van der Waals surface area contributed by atoms with Crippen molar-refractivity contribution in [2.75, 3.05) is 36.6 Å². The van der Waals surface area contributed by atoms with Gasteiger partial charge in [-0.05, 0) is 34.1 Å². The number of benzene rings is 2. The Hall–Kier alpha value is -3.75. The van der Waals surface area contributed by atoms with E-state index in [0.29, 0.717) is 19.2 Å². The number of para-hydroxylation sites is 1. The van der Waals surface area contributed by atoms with Crippen LogP contribution in [0.3, 0.4) is 0 Å². The third kappa shape index (κ3) is 5.01. The number of nitrogens with zero attached hydrogens (tertiary/aromatic N) is 5. The predicted molar refractivity (Wildman–Crippen MR) is 158 cm³/mol. The number of hydrogen-bond donors (Lipinski definition) is 1. The minimum atomic E-state index is 0.149. The van der Waals surface area contributed by atoms with E-state index in [2.05, 4.69) is 106 Å². The summed E-state index contributed by atoms with van der Waals surface area (Å²) in [6.07, 6.45) is 4.02. The first-order valence-corrected chi connectivity index (χ1v) is 13.9. The van der Waals surface area contributed by atoms with Crippen LogP contribution in [-0.4, -0.2) is 47.1 Å². The zero-order valence-corrected chi connectivity index (χ0v) is 22.8. The van der Waals surface area contributed by atoms with Crippen molar-refractivity contribution in [3.63, 3.8) is 0 Å². The molecule has 38 heavy (non-hydrogen) atoms. The van der Waals surface area contributed by atoms with Crippen molar-refractivity contribution in [1.82, 2.24) is 14.5 Å². The lowest BCUT2D eigenvalue weighted by Crippen LogP contribution is -2.36. The minimum Gasteiger partial charge on any atom is -0.378 e. The number of aromatic nitrogens is 3. The number of thiophene rings is 1. The highest BCUT2D eigenvalue weighted by atomic mass is 32.1. The van der Waals surface area contributed by atoms with Gasteiger partial charge in [-0.25, -0.2) is 10.4 Å². The molecule has 0 radical (unpaired) electrons. The van der Waals surface area contributed by atoms with Crippen molar-refractivity contribution < 1.29 is 4.74 Å². The number of rotatable bonds is 6. The molecule has 194 valence electrons. The maximum absolute atomic E-state index is 5.53. The summed E-state index contributed by atoms with van der Waals surface area (Å²) < 4.78 is 8.91. The molecule has 1 aliphatic rings. The molecule has 8 heteroatoms. The molecule has 1 N–H and O–H groups in total. The molecule has 0 amide bonds. The van der Waals surface area contributed by atoms with E-state index in [1.54, 1.807) is 11.3 Å². The molecular formula is C30H32N6OS. The van der Waals surface area contributed by atoms with Crippen LogP contribution in [0.2, 0.25) is 0 Å². The third-order valence-electron chi connectivity index (χ3n) is 6.96. The summed E-state index contributed by atoms with van der Waals surface area (Å²) in [5, 5.41) is 7.76. The highest BCUT2D eigenvalue weighted by Crippen LogP contribution is 2.30. The molecule has 0 saturated carbocycles. The zero-order valence-electron chi connectivity index (χ0n) is 22.0. The first-order valence-electron chi connectivity index (χ1n) is 13.0. The quantitative estimate of drug-likeness (QED) is 0.209. The molecule has 1 aliphatic heterocycles. The molecule has 4 heterocycles. The van der Waals surface area contributed by atoms with E-state index >= 15 is 0 Å². The molecule has 1 saturated heterocycles. The molecule has 0 atom stereocenters. The third-order valence-corrected chi connectivity index (χ3v) is 7.86. The molecule has 0 unspecified atom stereocenters. The Balaban J connectivity index is 1.25. The predicted octanol–water partition coefficient (Wildman–Crippen LogP) is 6.27. The fourth-order valence-electron chi connectivity index (χ4n) is 4.86. The van der Waals surface area contributed by atoms with Gasteiger partial charge >= 0.3 is 0 Å². The average Bonchev–Trinajstić information content (AvgIpc) is 3.54. The van der Waals surface area contributed by atoms with E-state index in [9.17, 15) is 0 Å². The lowest BCUT2D eigenvalue weighted by Gasteiger charge is -2.28. The Bertz CT molecular complexity index is 1590. The summed E-state index contributed by atoms with van der Waals surface area (Å²) in [7, 11) is 0. The number of nitrogens with one attached hydrogen (secondary N) is 1. The van der Waals surface area contributed by atoms with E-state index in [1.165, 1.54) is 16.6 Å². The zero-order chi connectivity index (χ0) is 26.1. The molecule has 0 aliphatic carbocycles. The van der Waals surface area contributed by atoms with Gasteiger partial charge in [0.05, 0.1) is 29.6 Å². The largest absolute Gasteiger partial charge is 0.378 e. The van der Waals surface area contributed by atoms with E-state index in [1.807, 2.05) is 12.3 Å². The second-order valence-corrected chi connectivity index (χ2v) is 11.6. The lowest BCUT2D eigenvalue weighted by molar-refractivity contribution is 0.122. The monoisotopic (exact) mass is 524 g/mol. The van der Waals surface area contributed by atoms with Gasteiger partial charge in [-0.2, -0.15) is 10.1 Å². The molecule has 5 aromatic rings. The smallest absolute Gasteiger partial charge is 0.246 e. The topological polar surface area (TPSA) is 67.6 Å². The van der Waals surface area contributed by atoms with Crippen LogP contribution in [0.4, 0.5) is 11.8 Å². The van der Waals surface area contributed by atoms with Gasteiger partial charge in [0, 0.05) is 42.3 Å². The van der Waals surface area contributed by atoms with Crippen molar-refractivity contribution in [2.45, 2.75) is 32.7 Å². The van der Waals surface area contributed by atoms with Crippen LogP contribution in [0.15, 0.2) is 71.3 Å². The van der Waals surface area contributed by atoms with Crippen LogP contribution in [0, 0.1) is 0 Å². The fourth-order valence-corrected chi connectivity index (χ4v) is 5.71. The van der Waals surface area contributed by atoms with E-state index in [-0.39, 0.29) is 5.41 Å². The van der Waals surface area contributed by atoms with Crippen molar-refractivity contribution in [1.29, 1.82) is 0 Å². The maximum atomic E-state index is 5.53. The summed E-state index contributed by atoms with van der Waals surface area (Å²) >= 11 is 1.67. The Morgan fingerprint density at radius 1 is 1.03 bits per heavy atom. The number of fused-ring (bicyclic) bond motifs is 2. The number of ether oxygens (including phenoxy) is 1. The summed E-state index contributed by atoms with van der Waals surface area (Å²) in [6.45, 7) is 10.6. The van der Waals surface area contributed by atoms with Gasteiger partial charge in [0.25, 0.3) is 0 Å². The number of hydrazone groups is 1. The Morgan fingerprint density at radius 2 is 1.82 bits per heavy atom. The molecule has 6 rings (SSSR count). The highest BCUT2D eigenvalue weighted by Gasteiger charge is 2.18. The molecule has 2 aromatic carbocycles. The Kier molecular flexibility index (Phi) is 6.59. The van der Waals surface area contributed by atoms with E-state index in [0.717, 1.165) is 46.6 Å². The SMILES string of the molecule is CC(C)(C)c1ccc(Cn2cc(/C=N/Nc3nc(N4CCOCC4)c4sccc4n3)c3ccccc32)cc1. The van der Waals surface area contributed by atoms with Crippen LogP contribution >= 0.6 is 11.3 Å². The molecule has 1 fully saturated rings. The number of hydrogen-bond acceptors (Lipinski definition) is 7. The molecule has 7 nitrogen and oxygen atoms in total. The van der Waals surface area contributed by atoms with Gasteiger partial charge in [0.2, 0.25) is 5.95 Å². The van der Waals surface area contributed by atoms with E-state index < -0.39 is 0 Å². The van der Waals surface area contributed by atoms with Gasteiger partial charge < -0.3 is 14.2 Å². The fraction of sp³-hybridized carbons (Fsp3) is 0.300. The lowest BCUT2D eigenvalue weighted by atomic mass is 9.87. The minimum absolute atomic E-state index is 0.149. The first-order chi connectivity index (χ1) is 18.5. The summed E-state index contributed by atoms with van der Waals surface area (Å²) in [6, 6.07) is 19.4. The summed E-state index contributed by atoms with van der Waals surface area (Å²) in [5.74, 6) is 1.44. The van der Waals surface area contributed by atoms with Gasteiger partial charge in [0.1, 0.15) is 0 Å². The van der Waals surface area contributed by atoms with Crippen LogP contribution in [0.25, 0.3) is 21.1 Å². The Labute approximate surface area is 226 Å². The average molecular weight is 525 g/mol. The maximum Gasteiger partial charge on any atom is 0.246 e. The van der Waals surface area contributed by atoms with Crippen molar-refractivity contribution >= 4 is 50.4 Å². The van der Waals surface area contributed by atoms with Gasteiger partial charge in [-0.1, -0.05) is 63.2 Å². The van der Waals surface area contributed by atoms with Gasteiger partial charge in [0.15, 0.2) is 5.82 Å². The highest BCUT2D eigenvalue weighted by molar-refractivity contribution is 7.17. The van der Waals surface area contributed by atoms with E-state index in [4.69, 9.17) is 9.72 Å². The van der Waals surface area contributed by atoms with Crippen molar-refractivity contribution in [3.8, 4) is 0 Å². The van der Waals surface area contributed by atoms with Gasteiger partial charge in [-0.3, -0.25) is 0 Å². The number of morpholine rings is 1. The van der Waals surface area contributed by atoms with Crippen molar-refractivity contribution in [3.05, 3.63) is 82.9 Å². The second-order valence-electron chi connectivity index (χ2n) is 10.7. The van der Waals surface area contributed by atoms with Crippen LogP contribution < -0.4 is 10.3 Å². The first kappa shape index (κ1) is 24.6.